The Morgan fingerprint density at radius 1 is 1.44 bits per heavy atom. The van der Waals surface area contributed by atoms with Crippen LogP contribution in [0.5, 0.6) is 0 Å². The van der Waals surface area contributed by atoms with Crippen molar-refractivity contribution in [3.8, 4) is 0 Å². The first-order valence-electron chi connectivity index (χ1n) is 5.98. The van der Waals surface area contributed by atoms with E-state index in [4.69, 9.17) is 0 Å². The molecule has 1 fully saturated rings. The van der Waals surface area contributed by atoms with Gasteiger partial charge in [-0.2, -0.15) is 0 Å². The third kappa shape index (κ3) is 4.60. The van der Waals surface area contributed by atoms with Gasteiger partial charge in [-0.05, 0) is 32.1 Å². The van der Waals surface area contributed by atoms with Crippen molar-refractivity contribution in [3.05, 3.63) is 12.2 Å². The molecular weight excluding hydrogens is 204 g/mol. The van der Waals surface area contributed by atoms with E-state index in [1.807, 2.05) is 6.08 Å². The standard InChI is InChI=1S/C13H20O3/c1-16-13(15)10-5-3-2-4-7-11-8-6-9-12(11)14/h2-3,11H,4-10H2,1H3. The molecule has 1 rings (SSSR count). The number of carbonyl (C=O) groups is 2. The first-order chi connectivity index (χ1) is 7.74. The van der Waals surface area contributed by atoms with Crippen molar-refractivity contribution in [1.82, 2.24) is 0 Å². The highest BCUT2D eigenvalue weighted by Crippen LogP contribution is 2.25. The number of carbonyl (C=O) groups excluding carboxylic acids is 2. The Labute approximate surface area is 96.9 Å². The van der Waals surface area contributed by atoms with Crippen molar-refractivity contribution in [2.45, 2.75) is 44.9 Å². The number of ketones is 1. The van der Waals surface area contributed by atoms with Crippen LogP contribution in [0.4, 0.5) is 0 Å². The van der Waals surface area contributed by atoms with Crippen molar-refractivity contribution in [2.75, 3.05) is 7.11 Å². The topological polar surface area (TPSA) is 43.4 Å². The molecule has 0 saturated heterocycles. The summed E-state index contributed by atoms with van der Waals surface area (Å²) in [6, 6.07) is 0. The molecule has 90 valence electrons. The number of hydrogen-bond acceptors (Lipinski definition) is 3. The largest absolute Gasteiger partial charge is 0.469 e. The van der Waals surface area contributed by atoms with Gasteiger partial charge in [-0.25, -0.2) is 0 Å². The van der Waals surface area contributed by atoms with Crippen molar-refractivity contribution >= 4 is 11.8 Å². The summed E-state index contributed by atoms with van der Waals surface area (Å²) in [5.41, 5.74) is 0. The lowest BCUT2D eigenvalue weighted by molar-refractivity contribution is -0.140. The first-order valence-corrected chi connectivity index (χ1v) is 5.98. The smallest absolute Gasteiger partial charge is 0.305 e. The Morgan fingerprint density at radius 2 is 2.19 bits per heavy atom. The Kier molecular flexibility index (Phi) is 5.83. The van der Waals surface area contributed by atoms with Crippen LogP contribution in [0.25, 0.3) is 0 Å². The fourth-order valence-electron chi connectivity index (χ4n) is 2.03. The number of hydrogen-bond donors (Lipinski definition) is 0. The second-order valence-electron chi connectivity index (χ2n) is 4.22. The average molecular weight is 224 g/mol. The molecule has 1 aliphatic carbocycles. The van der Waals surface area contributed by atoms with Crippen LogP contribution in [0.2, 0.25) is 0 Å². The summed E-state index contributed by atoms with van der Waals surface area (Å²) in [6.45, 7) is 0. The van der Waals surface area contributed by atoms with Crippen LogP contribution in [-0.4, -0.2) is 18.9 Å². The van der Waals surface area contributed by atoms with Gasteiger partial charge in [-0.3, -0.25) is 9.59 Å². The Balaban J connectivity index is 2.04. The summed E-state index contributed by atoms with van der Waals surface area (Å²) in [7, 11) is 1.40. The molecule has 1 saturated carbocycles. The number of methoxy groups -OCH3 is 1. The fraction of sp³-hybridized carbons (Fsp3) is 0.692. The van der Waals surface area contributed by atoms with Gasteiger partial charge in [-0.1, -0.05) is 12.2 Å². The minimum Gasteiger partial charge on any atom is -0.469 e. The van der Waals surface area contributed by atoms with Gasteiger partial charge in [-0.15, -0.1) is 0 Å². The minimum absolute atomic E-state index is 0.171. The maximum atomic E-state index is 11.3. The third-order valence-corrected chi connectivity index (χ3v) is 3.02. The molecule has 16 heavy (non-hydrogen) atoms. The number of esters is 1. The third-order valence-electron chi connectivity index (χ3n) is 3.02. The summed E-state index contributed by atoms with van der Waals surface area (Å²) in [5.74, 6) is 0.559. The maximum absolute atomic E-state index is 11.3. The van der Waals surface area contributed by atoms with Gasteiger partial charge >= 0.3 is 5.97 Å². The molecule has 3 nitrogen and oxygen atoms in total. The van der Waals surface area contributed by atoms with Gasteiger partial charge in [0.25, 0.3) is 0 Å². The molecule has 0 amide bonds. The van der Waals surface area contributed by atoms with Crippen molar-refractivity contribution in [2.24, 2.45) is 5.92 Å². The zero-order chi connectivity index (χ0) is 11.8. The molecule has 0 radical (unpaired) electrons. The second-order valence-corrected chi connectivity index (χ2v) is 4.22. The normalized spacial score (nSPS) is 20.6. The van der Waals surface area contributed by atoms with Crippen molar-refractivity contribution in [3.63, 3.8) is 0 Å². The Morgan fingerprint density at radius 3 is 2.81 bits per heavy atom. The quantitative estimate of drug-likeness (QED) is 0.514. The number of allylic oxidation sites excluding steroid dienone is 2. The summed E-state index contributed by atoms with van der Waals surface area (Å²) in [6.07, 6.45) is 10.0. The van der Waals surface area contributed by atoms with E-state index in [0.717, 1.165) is 38.5 Å². The summed E-state index contributed by atoms with van der Waals surface area (Å²) in [5, 5.41) is 0. The van der Waals surface area contributed by atoms with Gasteiger partial charge in [0.15, 0.2) is 0 Å². The zero-order valence-electron chi connectivity index (χ0n) is 9.91. The predicted octanol–water partition coefficient (Wildman–Crippen LogP) is 2.65. The van der Waals surface area contributed by atoms with Gasteiger partial charge in [0.2, 0.25) is 0 Å². The molecule has 3 heteroatoms. The van der Waals surface area contributed by atoms with E-state index in [2.05, 4.69) is 10.8 Å². The van der Waals surface area contributed by atoms with Crippen LogP contribution in [0, 0.1) is 5.92 Å². The molecule has 0 N–H and O–H groups in total. The van der Waals surface area contributed by atoms with Gasteiger partial charge in [0, 0.05) is 18.8 Å². The molecule has 0 aromatic heterocycles. The van der Waals surface area contributed by atoms with E-state index in [9.17, 15) is 9.59 Å². The van der Waals surface area contributed by atoms with Crippen LogP contribution in [0.3, 0.4) is 0 Å². The SMILES string of the molecule is COC(=O)CCC=CCCC1CCCC1=O. The molecule has 0 spiro atoms. The number of Topliss-reactive ketones (excluding diaryl/α,β-unsaturated/α-hetero) is 1. The van der Waals surface area contributed by atoms with E-state index in [1.54, 1.807) is 0 Å². The van der Waals surface area contributed by atoms with Crippen molar-refractivity contribution < 1.29 is 14.3 Å². The van der Waals surface area contributed by atoms with Gasteiger partial charge in [0.05, 0.1) is 7.11 Å². The van der Waals surface area contributed by atoms with Crippen LogP contribution in [0.1, 0.15) is 44.9 Å². The Hall–Kier alpha value is -1.12. The number of ether oxygens (including phenoxy) is 1. The van der Waals surface area contributed by atoms with Crippen LogP contribution in [0.15, 0.2) is 12.2 Å². The van der Waals surface area contributed by atoms with E-state index < -0.39 is 0 Å². The van der Waals surface area contributed by atoms with Gasteiger partial charge < -0.3 is 4.74 Å². The van der Waals surface area contributed by atoms with E-state index >= 15 is 0 Å². The highest BCUT2D eigenvalue weighted by atomic mass is 16.5. The fourth-order valence-corrected chi connectivity index (χ4v) is 2.03. The molecule has 1 unspecified atom stereocenters. The summed E-state index contributed by atoms with van der Waals surface area (Å²) >= 11 is 0. The zero-order valence-corrected chi connectivity index (χ0v) is 9.91. The summed E-state index contributed by atoms with van der Waals surface area (Å²) < 4.78 is 4.53. The maximum Gasteiger partial charge on any atom is 0.305 e. The summed E-state index contributed by atoms with van der Waals surface area (Å²) in [4.78, 5) is 22.1. The lowest BCUT2D eigenvalue weighted by Gasteiger charge is -2.03. The predicted molar refractivity (Wildman–Crippen MR) is 62.0 cm³/mol. The number of rotatable bonds is 6. The Bertz CT molecular complexity index is 268. The van der Waals surface area contributed by atoms with E-state index in [-0.39, 0.29) is 5.97 Å². The monoisotopic (exact) mass is 224 g/mol. The van der Waals surface area contributed by atoms with E-state index in [0.29, 0.717) is 18.1 Å². The molecule has 0 heterocycles. The second kappa shape index (κ2) is 7.20. The minimum atomic E-state index is -0.171. The molecule has 1 atom stereocenters. The van der Waals surface area contributed by atoms with Crippen molar-refractivity contribution in [1.29, 1.82) is 0 Å². The molecular formula is C13H20O3. The molecule has 0 aromatic carbocycles. The highest BCUT2D eigenvalue weighted by molar-refractivity contribution is 5.82. The molecule has 0 aliphatic heterocycles. The first kappa shape index (κ1) is 12.9. The molecule has 0 bridgehead atoms. The average Bonchev–Trinajstić information content (AvgIpc) is 2.69. The molecule has 1 aliphatic rings. The van der Waals surface area contributed by atoms with Gasteiger partial charge in [0.1, 0.15) is 5.78 Å². The van der Waals surface area contributed by atoms with Crippen LogP contribution < -0.4 is 0 Å². The van der Waals surface area contributed by atoms with E-state index in [1.165, 1.54) is 7.11 Å². The lowest BCUT2D eigenvalue weighted by Crippen LogP contribution is -2.04. The highest BCUT2D eigenvalue weighted by Gasteiger charge is 2.22. The van der Waals surface area contributed by atoms with Crippen LogP contribution >= 0.6 is 0 Å². The lowest BCUT2D eigenvalue weighted by atomic mass is 10.0. The van der Waals surface area contributed by atoms with Crippen LogP contribution in [-0.2, 0) is 14.3 Å². The molecule has 0 aromatic rings.